The lowest BCUT2D eigenvalue weighted by atomic mass is 9.97. The number of aromatic nitrogens is 4. The van der Waals surface area contributed by atoms with Gasteiger partial charge in [0, 0.05) is 23.1 Å². The predicted octanol–water partition coefficient (Wildman–Crippen LogP) is 6.15. The van der Waals surface area contributed by atoms with Crippen molar-refractivity contribution >= 4 is 38.6 Å². The smallest absolute Gasteiger partial charge is 0.294 e. The fraction of sp³-hybridized carbons (Fsp3) is 0.222. The monoisotopic (exact) mass is 548 g/mol. The normalized spacial score (nSPS) is 11.9. The Morgan fingerprint density at radius 1 is 1.08 bits per heavy atom. The Balaban J connectivity index is 1.27. The van der Waals surface area contributed by atoms with Crippen LogP contribution < -0.4 is 14.2 Å². The number of hydrogen-bond acceptors (Lipinski definition) is 10. The van der Waals surface area contributed by atoms with Crippen LogP contribution in [0.3, 0.4) is 0 Å². The SMILES string of the molecule is COc1cc(OCc2csc(-c3ccc(C(C)(C)O)cc3)n2)c2cc(-c3cnc4sc(OC)nn34)oc2c1. The Bertz CT molecular complexity index is 1740. The van der Waals surface area contributed by atoms with Crippen molar-refractivity contribution in [2.24, 2.45) is 0 Å². The zero-order valence-electron chi connectivity index (χ0n) is 21.1. The molecule has 0 aliphatic carbocycles. The lowest BCUT2D eigenvalue weighted by molar-refractivity contribution is 0.0786. The minimum absolute atomic E-state index is 0.279. The van der Waals surface area contributed by atoms with Crippen molar-refractivity contribution in [3.63, 3.8) is 0 Å². The third-order valence-corrected chi connectivity index (χ3v) is 7.89. The molecule has 6 rings (SSSR count). The van der Waals surface area contributed by atoms with Gasteiger partial charge in [-0.2, -0.15) is 4.52 Å². The number of benzene rings is 2. The van der Waals surface area contributed by atoms with Gasteiger partial charge < -0.3 is 23.7 Å². The van der Waals surface area contributed by atoms with Crippen LogP contribution in [0, 0.1) is 0 Å². The summed E-state index contributed by atoms with van der Waals surface area (Å²) in [6, 6.07) is 13.4. The average molecular weight is 549 g/mol. The number of thiazole rings is 1. The molecule has 4 aromatic heterocycles. The van der Waals surface area contributed by atoms with Gasteiger partial charge in [-0.15, -0.1) is 16.4 Å². The van der Waals surface area contributed by atoms with E-state index in [1.54, 1.807) is 50.1 Å². The summed E-state index contributed by atoms with van der Waals surface area (Å²) in [5.41, 5.74) is 3.10. The number of nitrogens with zero attached hydrogens (tertiary/aromatic N) is 4. The second kappa shape index (κ2) is 9.43. The highest BCUT2D eigenvalue weighted by Gasteiger charge is 2.19. The van der Waals surface area contributed by atoms with E-state index < -0.39 is 5.60 Å². The Hall–Kier alpha value is -3.93. The second-order valence-corrected chi connectivity index (χ2v) is 10.9. The summed E-state index contributed by atoms with van der Waals surface area (Å²) in [7, 11) is 3.18. The topological polar surface area (TPSA) is 104 Å². The maximum atomic E-state index is 10.2. The van der Waals surface area contributed by atoms with Crippen LogP contribution in [0.1, 0.15) is 25.1 Å². The van der Waals surface area contributed by atoms with E-state index in [1.807, 2.05) is 47.8 Å². The molecule has 0 aliphatic heterocycles. The molecule has 0 radical (unpaired) electrons. The van der Waals surface area contributed by atoms with E-state index in [9.17, 15) is 5.11 Å². The Morgan fingerprint density at radius 3 is 2.63 bits per heavy atom. The lowest BCUT2D eigenvalue weighted by Gasteiger charge is -2.17. The molecule has 0 saturated carbocycles. The van der Waals surface area contributed by atoms with E-state index in [4.69, 9.17) is 23.6 Å². The van der Waals surface area contributed by atoms with E-state index in [1.165, 1.54) is 11.3 Å². The first-order valence-electron chi connectivity index (χ1n) is 11.7. The van der Waals surface area contributed by atoms with E-state index >= 15 is 0 Å². The standard InChI is InChI=1S/C27H24N4O5S2/c1-27(2,32)16-7-5-15(6-8-16)24-29-17(14-37-24)13-35-21-9-18(33-3)10-22-19(21)11-23(36-22)20-12-28-25-31(20)30-26(34-4)38-25/h5-12,14,32H,13H2,1-4H3. The summed E-state index contributed by atoms with van der Waals surface area (Å²) in [4.78, 5) is 9.87. The molecule has 9 nitrogen and oxygen atoms in total. The molecule has 194 valence electrons. The van der Waals surface area contributed by atoms with Crippen LogP contribution in [0.15, 0.2) is 58.5 Å². The van der Waals surface area contributed by atoms with Gasteiger partial charge in [0.25, 0.3) is 5.19 Å². The number of aliphatic hydroxyl groups is 1. The van der Waals surface area contributed by atoms with Gasteiger partial charge in [0.15, 0.2) is 5.76 Å². The molecule has 0 unspecified atom stereocenters. The van der Waals surface area contributed by atoms with Gasteiger partial charge in [-0.05, 0) is 36.8 Å². The van der Waals surface area contributed by atoms with E-state index in [0.29, 0.717) is 38.7 Å². The molecule has 0 bridgehead atoms. The number of hydrogen-bond donors (Lipinski definition) is 1. The third-order valence-electron chi connectivity index (χ3n) is 6.07. The number of rotatable bonds is 8. The van der Waals surface area contributed by atoms with Crippen molar-refractivity contribution < 1.29 is 23.7 Å². The summed E-state index contributed by atoms with van der Waals surface area (Å²) in [5.74, 6) is 1.84. The number of ether oxygens (including phenoxy) is 3. The molecule has 0 aliphatic rings. The van der Waals surface area contributed by atoms with Crippen LogP contribution in [0.5, 0.6) is 16.7 Å². The Labute approximate surface area is 225 Å². The van der Waals surface area contributed by atoms with E-state index in [0.717, 1.165) is 27.2 Å². The largest absolute Gasteiger partial charge is 0.496 e. The van der Waals surface area contributed by atoms with E-state index in [-0.39, 0.29) is 6.61 Å². The highest BCUT2D eigenvalue weighted by molar-refractivity contribution is 7.18. The lowest BCUT2D eigenvalue weighted by Crippen LogP contribution is -2.14. The van der Waals surface area contributed by atoms with Gasteiger partial charge in [0.05, 0.1) is 37.1 Å². The molecule has 38 heavy (non-hydrogen) atoms. The Kier molecular flexibility index (Phi) is 6.05. The second-order valence-electron chi connectivity index (χ2n) is 9.13. The number of furan rings is 1. The molecular formula is C27H24N4O5S2. The van der Waals surface area contributed by atoms with Crippen molar-refractivity contribution in [2.75, 3.05) is 14.2 Å². The maximum Gasteiger partial charge on any atom is 0.294 e. The first kappa shape index (κ1) is 24.4. The molecule has 4 heterocycles. The summed E-state index contributed by atoms with van der Waals surface area (Å²) in [5, 5.41) is 18.8. The van der Waals surface area contributed by atoms with Gasteiger partial charge in [0.1, 0.15) is 34.4 Å². The van der Waals surface area contributed by atoms with Gasteiger partial charge in [-0.25, -0.2) is 9.97 Å². The Morgan fingerprint density at radius 2 is 1.89 bits per heavy atom. The van der Waals surface area contributed by atoms with Gasteiger partial charge in [0.2, 0.25) is 4.96 Å². The summed E-state index contributed by atoms with van der Waals surface area (Å²) in [6.07, 6.45) is 1.72. The van der Waals surface area contributed by atoms with Crippen molar-refractivity contribution in [3.8, 4) is 38.7 Å². The molecule has 2 aromatic carbocycles. The van der Waals surface area contributed by atoms with Crippen LogP contribution in [0.25, 0.3) is 38.0 Å². The zero-order chi connectivity index (χ0) is 26.4. The zero-order valence-corrected chi connectivity index (χ0v) is 22.7. The quantitative estimate of drug-likeness (QED) is 0.242. The van der Waals surface area contributed by atoms with Crippen molar-refractivity contribution in [1.82, 2.24) is 19.6 Å². The van der Waals surface area contributed by atoms with Crippen LogP contribution in [0.4, 0.5) is 0 Å². The first-order valence-corrected chi connectivity index (χ1v) is 13.4. The van der Waals surface area contributed by atoms with Crippen LogP contribution in [0.2, 0.25) is 0 Å². The molecule has 0 amide bonds. The average Bonchev–Trinajstić information content (AvgIpc) is 3.69. The van der Waals surface area contributed by atoms with Crippen LogP contribution in [-0.4, -0.2) is 38.9 Å². The highest BCUT2D eigenvalue weighted by atomic mass is 32.1. The minimum Gasteiger partial charge on any atom is -0.496 e. The molecule has 0 spiro atoms. The molecule has 0 fully saturated rings. The molecule has 1 N–H and O–H groups in total. The predicted molar refractivity (Wildman–Crippen MR) is 146 cm³/mol. The van der Waals surface area contributed by atoms with Crippen LogP contribution >= 0.6 is 22.7 Å². The van der Waals surface area contributed by atoms with E-state index in [2.05, 4.69) is 10.1 Å². The molecule has 0 atom stereocenters. The minimum atomic E-state index is -0.882. The molecule has 0 saturated heterocycles. The van der Waals surface area contributed by atoms with Crippen molar-refractivity contribution in [2.45, 2.75) is 26.1 Å². The fourth-order valence-corrected chi connectivity index (χ4v) is 5.55. The first-order chi connectivity index (χ1) is 18.3. The molecule has 6 aromatic rings. The summed E-state index contributed by atoms with van der Waals surface area (Å²) >= 11 is 2.90. The molecule has 11 heteroatoms. The maximum absolute atomic E-state index is 10.2. The van der Waals surface area contributed by atoms with Gasteiger partial charge in [-0.1, -0.05) is 24.3 Å². The third kappa shape index (κ3) is 4.49. The molecular weight excluding hydrogens is 524 g/mol. The van der Waals surface area contributed by atoms with Crippen LogP contribution in [-0.2, 0) is 12.2 Å². The number of methoxy groups -OCH3 is 2. The summed E-state index contributed by atoms with van der Waals surface area (Å²) < 4.78 is 24.8. The fourth-order valence-electron chi connectivity index (χ4n) is 4.05. The van der Waals surface area contributed by atoms with Gasteiger partial charge >= 0.3 is 0 Å². The highest BCUT2D eigenvalue weighted by Crippen LogP contribution is 2.38. The van der Waals surface area contributed by atoms with Crippen molar-refractivity contribution in [3.05, 3.63) is 65.3 Å². The van der Waals surface area contributed by atoms with Crippen molar-refractivity contribution in [1.29, 1.82) is 0 Å². The number of fused-ring (bicyclic) bond motifs is 2. The van der Waals surface area contributed by atoms with Gasteiger partial charge in [-0.3, -0.25) is 0 Å². The summed E-state index contributed by atoms with van der Waals surface area (Å²) in [6.45, 7) is 3.82. The number of imidazole rings is 1.